The van der Waals surface area contributed by atoms with Crippen molar-refractivity contribution in [1.82, 2.24) is 5.32 Å². The van der Waals surface area contributed by atoms with Crippen LogP contribution in [0.4, 0.5) is 0 Å². The van der Waals surface area contributed by atoms with E-state index >= 15 is 0 Å². The van der Waals surface area contributed by atoms with Crippen LogP contribution < -0.4 is 5.32 Å². The van der Waals surface area contributed by atoms with E-state index in [1.165, 1.54) is 12.1 Å². The van der Waals surface area contributed by atoms with E-state index in [4.69, 9.17) is 5.11 Å². The average molecular weight is 265 g/mol. The molecule has 19 heavy (non-hydrogen) atoms. The lowest BCUT2D eigenvalue weighted by Gasteiger charge is -2.14. The highest BCUT2D eigenvalue weighted by atomic mass is 16.4. The molecular formula is C14H19NO4. The fourth-order valence-corrected chi connectivity index (χ4v) is 1.80. The summed E-state index contributed by atoms with van der Waals surface area (Å²) >= 11 is 0. The smallest absolute Gasteiger partial charge is 0.336 e. The summed E-state index contributed by atoms with van der Waals surface area (Å²) in [4.78, 5) is 22.9. The van der Waals surface area contributed by atoms with E-state index in [1.807, 2.05) is 13.8 Å². The molecule has 0 aliphatic heterocycles. The Bertz CT molecular complexity index is 457. The maximum Gasteiger partial charge on any atom is 0.336 e. The number of aromatic carboxylic acids is 1. The van der Waals surface area contributed by atoms with Crippen molar-refractivity contribution >= 4 is 11.9 Å². The summed E-state index contributed by atoms with van der Waals surface area (Å²) in [5.41, 5.74) is 0.0603. The largest absolute Gasteiger partial charge is 0.478 e. The minimum absolute atomic E-state index is 0.0432. The molecule has 104 valence electrons. The second-order valence-corrected chi connectivity index (χ2v) is 4.84. The molecule has 0 heterocycles. The molecule has 0 saturated carbocycles. The number of amides is 1. The molecule has 1 rings (SSSR count). The van der Waals surface area contributed by atoms with Crippen LogP contribution in [0.15, 0.2) is 24.3 Å². The number of hydrogen-bond acceptors (Lipinski definition) is 3. The van der Waals surface area contributed by atoms with Crippen molar-refractivity contribution in [3.05, 3.63) is 35.4 Å². The summed E-state index contributed by atoms with van der Waals surface area (Å²) in [5.74, 6) is -1.30. The van der Waals surface area contributed by atoms with Crippen LogP contribution in [-0.2, 0) is 0 Å². The molecule has 0 saturated heterocycles. The highest BCUT2D eigenvalue weighted by Gasteiger charge is 2.16. The number of rotatable bonds is 6. The molecule has 0 aliphatic carbocycles. The molecule has 0 radical (unpaired) electrons. The first-order valence-corrected chi connectivity index (χ1v) is 6.20. The van der Waals surface area contributed by atoms with E-state index in [9.17, 15) is 14.7 Å². The monoisotopic (exact) mass is 265 g/mol. The van der Waals surface area contributed by atoms with Gasteiger partial charge in [-0.2, -0.15) is 0 Å². The topological polar surface area (TPSA) is 86.6 Å². The first-order chi connectivity index (χ1) is 8.91. The molecule has 5 heteroatoms. The molecule has 1 unspecified atom stereocenters. The SMILES string of the molecule is CC(C)CC(O)CNC(=O)c1ccccc1C(=O)O. The zero-order valence-electron chi connectivity index (χ0n) is 11.1. The van der Waals surface area contributed by atoms with Crippen LogP contribution in [0.25, 0.3) is 0 Å². The summed E-state index contributed by atoms with van der Waals surface area (Å²) in [7, 11) is 0. The number of aliphatic hydroxyl groups is 1. The molecule has 0 bridgehead atoms. The van der Waals surface area contributed by atoms with Gasteiger partial charge in [-0.15, -0.1) is 0 Å². The first-order valence-electron chi connectivity index (χ1n) is 6.20. The molecule has 0 aliphatic rings. The van der Waals surface area contributed by atoms with Crippen LogP contribution in [0.2, 0.25) is 0 Å². The standard InChI is InChI=1S/C14H19NO4/c1-9(2)7-10(16)8-15-13(17)11-5-3-4-6-12(11)14(18)19/h3-6,9-10,16H,7-8H2,1-2H3,(H,15,17)(H,18,19). The van der Waals surface area contributed by atoms with E-state index in [-0.39, 0.29) is 17.7 Å². The van der Waals surface area contributed by atoms with Gasteiger partial charge in [0.1, 0.15) is 0 Å². The van der Waals surface area contributed by atoms with Crippen molar-refractivity contribution in [3.63, 3.8) is 0 Å². The Balaban J connectivity index is 2.66. The number of hydrogen-bond donors (Lipinski definition) is 3. The lowest BCUT2D eigenvalue weighted by atomic mass is 10.1. The predicted octanol–water partition coefficient (Wildman–Crippen LogP) is 1.52. The third kappa shape index (κ3) is 4.71. The van der Waals surface area contributed by atoms with E-state index < -0.39 is 18.0 Å². The quantitative estimate of drug-likeness (QED) is 0.728. The van der Waals surface area contributed by atoms with E-state index in [0.717, 1.165) is 0 Å². The number of nitrogens with one attached hydrogen (secondary N) is 1. The van der Waals surface area contributed by atoms with Gasteiger partial charge in [0.15, 0.2) is 0 Å². The minimum atomic E-state index is -1.14. The predicted molar refractivity (Wildman–Crippen MR) is 71.2 cm³/mol. The summed E-state index contributed by atoms with van der Waals surface area (Å²) in [6.45, 7) is 4.07. The third-order valence-electron chi connectivity index (χ3n) is 2.64. The van der Waals surface area contributed by atoms with Gasteiger partial charge in [0.2, 0.25) is 0 Å². The maximum absolute atomic E-state index is 11.9. The summed E-state index contributed by atoms with van der Waals surface area (Å²) in [6.07, 6.45) is -0.0399. The van der Waals surface area contributed by atoms with Gasteiger partial charge in [-0.05, 0) is 24.5 Å². The Labute approximate surface area is 112 Å². The van der Waals surface area contributed by atoms with Gasteiger partial charge in [0.25, 0.3) is 5.91 Å². The second-order valence-electron chi connectivity index (χ2n) is 4.84. The molecule has 3 N–H and O–H groups in total. The summed E-state index contributed by atoms with van der Waals surface area (Å²) < 4.78 is 0. The molecule has 1 aromatic rings. The fourth-order valence-electron chi connectivity index (χ4n) is 1.80. The molecule has 0 spiro atoms. The van der Waals surface area contributed by atoms with Gasteiger partial charge < -0.3 is 15.5 Å². The third-order valence-corrected chi connectivity index (χ3v) is 2.64. The van der Waals surface area contributed by atoms with E-state index in [1.54, 1.807) is 12.1 Å². The normalized spacial score (nSPS) is 12.2. The van der Waals surface area contributed by atoms with Gasteiger partial charge in [-0.3, -0.25) is 4.79 Å². The van der Waals surface area contributed by atoms with Gasteiger partial charge >= 0.3 is 5.97 Å². The van der Waals surface area contributed by atoms with E-state index in [2.05, 4.69) is 5.32 Å². The summed E-state index contributed by atoms with van der Waals surface area (Å²) in [6, 6.07) is 6.00. The van der Waals surface area contributed by atoms with Crippen molar-refractivity contribution in [1.29, 1.82) is 0 Å². The highest BCUT2D eigenvalue weighted by Crippen LogP contribution is 2.09. The van der Waals surface area contributed by atoms with E-state index in [0.29, 0.717) is 12.3 Å². The summed E-state index contributed by atoms with van der Waals surface area (Å²) in [5, 5.41) is 21.2. The lowest BCUT2D eigenvalue weighted by Crippen LogP contribution is -2.33. The molecule has 1 aromatic carbocycles. The van der Waals surface area contributed by atoms with Crippen LogP contribution in [-0.4, -0.2) is 34.7 Å². The Hall–Kier alpha value is -1.88. The maximum atomic E-state index is 11.9. The molecular weight excluding hydrogens is 246 g/mol. The van der Waals surface area contributed by atoms with Crippen molar-refractivity contribution in [2.45, 2.75) is 26.4 Å². The number of carbonyl (C=O) groups excluding carboxylic acids is 1. The Morgan fingerprint density at radius 3 is 2.32 bits per heavy atom. The lowest BCUT2D eigenvalue weighted by molar-refractivity contribution is 0.0690. The van der Waals surface area contributed by atoms with Gasteiger partial charge in [0.05, 0.1) is 17.2 Å². The Morgan fingerprint density at radius 1 is 1.21 bits per heavy atom. The molecule has 0 aromatic heterocycles. The van der Waals surface area contributed by atoms with Crippen molar-refractivity contribution in [2.75, 3.05) is 6.54 Å². The van der Waals surface area contributed by atoms with Gasteiger partial charge in [-0.25, -0.2) is 4.79 Å². The number of carboxylic acid groups (broad SMARTS) is 1. The van der Waals surface area contributed by atoms with Gasteiger partial charge in [-0.1, -0.05) is 26.0 Å². The molecule has 1 amide bonds. The van der Waals surface area contributed by atoms with Gasteiger partial charge in [0, 0.05) is 6.54 Å². The fraction of sp³-hybridized carbons (Fsp3) is 0.429. The number of aliphatic hydroxyl groups excluding tert-OH is 1. The molecule has 0 fully saturated rings. The first kappa shape index (κ1) is 15.2. The zero-order chi connectivity index (χ0) is 14.4. The number of carboxylic acids is 1. The van der Waals surface area contributed by atoms with Crippen LogP contribution in [0.1, 0.15) is 41.0 Å². The number of benzene rings is 1. The van der Waals surface area contributed by atoms with Crippen molar-refractivity contribution < 1.29 is 19.8 Å². The van der Waals surface area contributed by atoms with Crippen LogP contribution >= 0.6 is 0 Å². The Morgan fingerprint density at radius 2 is 1.79 bits per heavy atom. The number of carbonyl (C=O) groups is 2. The zero-order valence-corrected chi connectivity index (χ0v) is 11.1. The molecule has 5 nitrogen and oxygen atoms in total. The minimum Gasteiger partial charge on any atom is -0.478 e. The Kier molecular flexibility index (Phi) is 5.51. The van der Waals surface area contributed by atoms with Crippen molar-refractivity contribution in [3.8, 4) is 0 Å². The average Bonchev–Trinajstić information content (AvgIpc) is 2.35. The highest BCUT2D eigenvalue weighted by molar-refractivity contribution is 6.04. The van der Waals surface area contributed by atoms with Crippen molar-refractivity contribution in [2.24, 2.45) is 5.92 Å². The van der Waals surface area contributed by atoms with Crippen LogP contribution in [0, 0.1) is 5.92 Å². The van der Waals surface area contributed by atoms with Crippen LogP contribution in [0.3, 0.4) is 0 Å². The molecule has 1 atom stereocenters. The van der Waals surface area contributed by atoms with Crippen LogP contribution in [0.5, 0.6) is 0 Å². The second kappa shape index (κ2) is 6.89.